The molecule has 4 aromatic rings. The normalized spacial score (nSPS) is 13.6. The van der Waals surface area contributed by atoms with Crippen LogP contribution in [0.2, 0.25) is 0 Å². The molecule has 1 aliphatic rings. The Bertz CT molecular complexity index is 1230. The molecule has 5 rings (SSSR count). The van der Waals surface area contributed by atoms with Crippen LogP contribution in [0, 0.1) is 0 Å². The van der Waals surface area contributed by atoms with Crippen molar-refractivity contribution in [1.82, 2.24) is 14.5 Å². The van der Waals surface area contributed by atoms with Crippen molar-refractivity contribution in [2.45, 2.75) is 38.6 Å². The zero-order valence-electron chi connectivity index (χ0n) is 17.4. The summed E-state index contributed by atoms with van der Waals surface area (Å²) in [4.78, 5) is 22.0. The lowest BCUT2D eigenvalue weighted by Crippen LogP contribution is -2.14. The first kappa shape index (κ1) is 19.8. The van der Waals surface area contributed by atoms with Gasteiger partial charge in [0.05, 0.1) is 30.3 Å². The van der Waals surface area contributed by atoms with Gasteiger partial charge >= 0.3 is 0 Å². The Hall–Kier alpha value is -3.19. The monoisotopic (exact) mass is 432 g/mol. The number of aromatic nitrogens is 3. The number of benzene rings is 2. The average molecular weight is 433 g/mol. The van der Waals surface area contributed by atoms with Crippen LogP contribution in [0.5, 0.6) is 5.75 Å². The Morgan fingerprint density at radius 3 is 2.84 bits per heavy atom. The summed E-state index contributed by atoms with van der Waals surface area (Å²) >= 11 is 1.54. The van der Waals surface area contributed by atoms with Gasteiger partial charge in [-0.1, -0.05) is 6.42 Å². The lowest BCUT2D eigenvalue weighted by Gasteiger charge is -2.06. The van der Waals surface area contributed by atoms with E-state index < -0.39 is 0 Å². The van der Waals surface area contributed by atoms with E-state index in [1.54, 1.807) is 7.11 Å². The molecule has 0 aliphatic carbocycles. The van der Waals surface area contributed by atoms with Gasteiger partial charge in [0.15, 0.2) is 0 Å². The molecule has 1 aliphatic heterocycles. The molecule has 31 heavy (non-hydrogen) atoms. The van der Waals surface area contributed by atoms with Crippen LogP contribution in [0.1, 0.15) is 30.8 Å². The predicted octanol–water partition coefficient (Wildman–Crippen LogP) is 5.08. The van der Waals surface area contributed by atoms with Crippen LogP contribution in [-0.4, -0.2) is 27.6 Å². The quantitative estimate of drug-likeness (QED) is 0.478. The van der Waals surface area contributed by atoms with Crippen LogP contribution < -0.4 is 10.1 Å². The maximum Gasteiger partial charge on any atom is 0.230 e. The Morgan fingerprint density at radius 1 is 1.13 bits per heavy atom. The highest BCUT2D eigenvalue weighted by molar-refractivity contribution is 7.13. The lowest BCUT2D eigenvalue weighted by molar-refractivity contribution is -0.115. The number of methoxy groups -OCH3 is 1. The second-order valence-electron chi connectivity index (χ2n) is 7.79. The summed E-state index contributed by atoms with van der Waals surface area (Å²) < 4.78 is 7.52. The fraction of sp³-hybridized carbons (Fsp3) is 0.292. The van der Waals surface area contributed by atoms with Crippen molar-refractivity contribution in [3.63, 3.8) is 0 Å². The number of carbonyl (C=O) groups excluding carboxylic acids is 1. The molecule has 2 aromatic heterocycles. The van der Waals surface area contributed by atoms with Gasteiger partial charge in [-0.3, -0.25) is 4.79 Å². The molecule has 0 bridgehead atoms. The van der Waals surface area contributed by atoms with Crippen LogP contribution in [-0.2, 0) is 24.2 Å². The molecule has 1 N–H and O–H groups in total. The van der Waals surface area contributed by atoms with Crippen LogP contribution >= 0.6 is 11.3 Å². The third kappa shape index (κ3) is 4.18. The number of carbonyl (C=O) groups is 1. The van der Waals surface area contributed by atoms with Gasteiger partial charge < -0.3 is 14.6 Å². The van der Waals surface area contributed by atoms with E-state index in [1.165, 1.54) is 30.6 Å². The lowest BCUT2D eigenvalue weighted by atomic mass is 10.2. The number of thiazole rings is 1. The van der Waals surface area contributed by atoms with Crippen molar-refractivity contribution in [3.8, 4) is 16.3 Å². The van der Waals surface area contributed by atoms with Gasteiger partial charge in [0.2, 0.25) is 5.91 Å². The molecular formula is C24H24N4O2S. The van der Waals surface area contributed by atoms with Crippen molar-refractivity contribution < 1.29 is 9.53 Å². The van der Waals surface area contributed by atoms with E-state index in [-0.39, 0.29) is 12.3 Å². The highest BCUT2D eigenvalue weighted by Gasteiger charge is 2.15. The van der Waals surface area contributed by atoms with E-state index in [0.717, 1.165) is 57.5 Å². The van der Waals surface area contributed by atoms with Crippen molar-refractivity contribution in [2.24, 2.45) is 0 Å². The van der Waals surface area contributed by atoms with E-state index in [0.29, 0.717) is 0 Å². The molecule has 158 valence electrons. The molecule has 1 amide bonds. The fourth-order valence-corrected chi connectivity index (χ4v) is 4.88. The summed E-state index contributed by atoms with van der Waals surface area (Å²) in [6.45, 7) is 1.03. The van der Waals surface area contributed by atoms with Crippen molar-refractivity contribution >= 4 is 34.0 Å². The van der Waals surface area contributed by atoms with Gasteiger partial charge in [0.25, 0.3) is 0 Å². The largest absolute Gasteiger partial charge is 0.497 e. The number of hydrogen-bond donors (Lipinski definition) is 1. The SMILES string of the molecule is COc1ccc(-c2nc(CC(=O)Nc3ccc4c(c3)nc3n4CCCCC3)cs2)cc1. The summed E-state index contributed by atoms with van der Waals surface area (Å²) in [6.07, 6.45) is 4.92. The zero-order valence-corrected chi connectivity index (χ0v) is 18.2. The Morgan fingerprint density at radius 2 is 2.00 bits per heavy atom. The van der Waals surface area contributed by atoms with Gasteiger partial charge in [-0.05, 0) is 55.3 Å². The van der Waals surface area contributed by atoms with Gasteiger partial charge in [-0.2, -0.15) is 0 Å². The maximum absolute atomic E-state index is 12.6. The van der Waals surface area contributed by atoms with Crippen LogP contribution in [0.25, 0.3) is 21.6 Å². The first-order valence-corrected chi connectivity index (χ1v) is 11.5. The standard InChI is InChI=1S/C24H24N4O2S/c1-30-19-9-6-16(7-10-19)24-26-18(15-31-24)14-23(29)25-17-8-11-21-20(13-17)27-22-5-3-2-4-12-28(21)22/h6-11,13,15H,2-5,12,14H2,1H3,(H,25,29). The third-order valence-corrected chi connectivity index (χ3v) is 6.56. The van der Waals surface area contributed by atoms with Crippen LogP contribution in [0.4, 0.5) is 5.69 Å². The topological polar surface area (TPSA) is 69.0 Å². The number of rotatable bonds is 5. The summed E-state index contributed by atoms with van der Waals surface area (Å²) in [7, 11) is 1.65. The maximum atomic E-state index is 12.6. The third-order valence-electron chi connectivity index (χ3n) is 5.62. The molecule has 0 saturated carbocycles. The minimum atomic E-state index is -0.0771. The molecule has 3 heterocycles. The van der Waals surface area contributed by atoms with E-state index in [4.69, 9.17) is 9.72 Å². The van der Waals surface area contributed by atoms with Gasteiger partial charge in [-0.15, -0.1) is 11.3 Å². The fourth-order valence-electron chi connectivity index (χ4n) is 4.05. The second kappa shape index (κ2) is 8.51. The Kier molecular flexibility index (Phi) is 5.42. The van der Waals surface area contributed by atoms with E-state index >= 15 is 0 Å². The minimum absolute atomic E-state index is 0.0771. The van der Waals surface area contributed by atoms with Crippen molar-refractivity contribution in [3.05, 3.63) is 59.4 Å². The summed E-state index contributed by atoms with van der Waals surface area (Å²) in [5.74, 6) is 1.89. The smallest absolute Gasteiger partial charge is 0.230 e. The average Bonchev–Trinajstić information content (AvgIpc) is 3.30. The van der Waals surface area contributed by atoms with Gasteiger partial charge in [0, 0.05) is 29.6 Å². The zero-order chi connectivity index (χ0) is 21.2. The Balaban J connectivity index is 1.27. The number of amides is 1. The second-order valence-corrected chi connectivity index (χ2v) is 8.65. The number of anilines is 1. The molecule has 0 atom stereocenters. The van der Waals surface area contributed by atoms with E-state index in [9.17, 15) is 4.79 Å². The molecule has 0 radical (unpaired) electrons. The number of ether oxygens (including phenoxy) is 1. The molecule has 7 heteroatoms. The van der Waals surface area contributed by atoms with Gasteiger partial charge in [-0.25, -0.2) is 9.97 Å². The number of nitrogens with zero attached hydrogens (tertiary/aromatic N) is 3. The molecule has 0 saturated heterocycles. The number of nitrogens with one attached hydrogen (secondary N) is 1. The van der Waals surface area contributed by atoms with Crippen LogP contribution in [0.3, 0.4) is 0 Å². The summed E-state index contributed by atoms with van der Waals surface area (Å²) in [5.41, 5.74) is 4.66. The minimum Gasteiger partial charge on any atom is -0.497 e. The molecule has 2 aromatic carbocycles. The highest BCUT2D eigenvalue weighted by Crippen LogP contribution is 2.27. The molecule has 0 fully saturated rings. The summed E-state index contributed by atoms with van der Waals surface area (Å²) in [6, 6.07) is 13.8. The van der Waals surface area contributed by atoms with Crippen molar-refractivity contribution in [1.29, 1.82) is 0 Å². The number of aryl methyl sites for hydroxylation is 2. The molecular weight excluding hydrogens is 408 g/mol. The Labute approximate surface area is 184 Å². The van der Waals surface area contributed by atoms with Crippen LogP contribution in [0.15, 0.2) is 47.8 Å². The van der Waals surface area contributed by atoms with E-state index in [2.05, 4.69) is 20.9 Å². The molecule has 6 nitrogen and oxygen atoms in total. The highest BCUT2D eigenvalue weighted by atomic mass is 32.1. The van der Waals surface area contributed by atoms with Crippen molar-refractivity contribution in [2.75, 3.05) is 12.4 Å². The number of imidazole rings is 1. The molecule has 0 spiro atoms. The predicted molar refractivity (Wildman–Crippen MR) is 124 cm³/mol. The number of hydrogen-bond acceptors (Lipinski definition) is 5. The first-order valence-electron chi connectivity index (χ1n) is 10.6. The molecule has 0 unspecified atom stereocenters. The van der Waals surface area contributed by atoms with Gasteiger partial charge in [0.1, 0.15) is 16.6 Å². The summed E-state index contributed by atoms with van der Waals surface area (Å²) in [5, 5.41) is 5.83. The number of fused-ring (bicyclic) bond motifs is 3. The van der Waals surface area contributed by atoms with E-state index in [1.807, 2.05) is 41.8 Å². The first-order chi connectivity index (χ1) is 15.2.